The van der Waals surface area contributed by atoms with Gasteiger partial charge in [0.1, 0.15) is 17.3 Å². The Hall–Kier alpha value is -4.06. The third-order valence-corrected chi connectivity index (χ3v) is 6.11. The van der Waals surface area contributed by atoms with Crippen molar-refractivity contribution in [1.29, 1.82) is 0 Å². The second kappa shape index (κ2) is 8.47. The van der Waals surface area contributed by atoms with Crippen LogP contribution in [-0.2, 0) is 9.59 Å². The van der Waals surface area contributed by atoms with Gasteiger partial charge in [-0.1, -0.05) is 18.2 Å². The average molecular weight is 443 g/mol. The van der Waals surface area contributed by atoms with Crippen molar-refractivity contribution in [3.8, 4) is 11.5 Å². The molecule has 6 heteroatoms. The first-order chi connectivity index (χ1) is 15.7. The van der Waals surface area contributed by atoms with Gasteiger partial charge in [-0.3, -0.25) is 14.5 Å². The number of nitrogens with zero attached hydrogens (tertiary/aromatic N) is 1. The maximum Gasteiger partial charge on any atom is 0.300 e. The number of methoxy groups -OCH3 is 1. The number of ether oxygens (including phenoxy) is 1. The molecular weight excluding hydrogens is 418 g/mol. The molecule has 168 valence electrons. The number of anilines is 1. The fourth-order valence-electron chi connectivity index (χ4n) is 4.12. The Bertz CT molecular complexity index is 1290. The van der Waals surface area contributed by atoms with Crippen molar-refractivity contribution in [3.05, 3.63) is 94.1 Å². The average Bonchev–Trinajstić information content (AvgIpc) is 3.06. The van der Waals surface area contributed by atoms with Gasteiger partial charge in [0, 0.05) is 11.3 Å². The zero-order valence-electron chi connectivity index (χ0n) is 18.9. The molecule has 6 nitrogen and oxygen atoms in total. The molecule has 0 saturated carbocycles. The van der Waals surface area contributed by atoms with Crippen LogP contribution in [-0.4, -0.2) is 29.0 Å². The van der Waals surface area contributed by atoms with Crippen LogP contribution in [0.4, 0.5) is 5.69 Å². The summed E-state index contributed by atoms with van der Waals surface area (Å²) in [5, 5.41) is 21.1. The number of hydrogen-bond donors (Lipinski definition) is 2. The molecule has 1 atom stereocenters. The zero-order valence-corrected chi connectivity index (χ0v) is 18.9. The number of benzene rings is 3. The minimum absolute atomic E-state index is 0.00261. The first kappa shape index (κ1) is 22.1. The van der Waals surface area contributed by atoms with Gasteiger partial charge in [0.2, 0.25) is 0 Å². The minimum Gasteiger partial charge on any atom is -0.508 e. The van der Waals surface area contributed by atoms with Gasteiger partial charge in [0.15, 0.2) is 0 Å². The predicted octanol–water partition coefficient (Wildman–Crippen LogP) is 4.95. The van der Waals surface area contributed by atoms with Gasteiger partial charge in [-0.2, -0.15) is 0 Å². The molecule has 4 rings (SSSR count). The monoisotopic (exact) mass is 443 g/mol. The number of aryl methyl sites for hydroxylation is 3. The highest BCUT2D eigenvalue weighted by Crippen LogP contribution is 2.43. The Labute approximate surface area is 192 Å². The SMILES string of the molecule is COc1ccc(/C(O)=C2/C(=O)C(=O)N(c3ccc(C)c(C)c3)C2c2ccc(O)cc2)c(C)c1. The van der Waals surface area contributed by atoms with E-state index < -0.39 is 17.7 Å². The Morgan fingerprint density at radius 2 is 1.58 bits per heavy atom. The molecule has 1 saturated heterocycles. The van der Waals surface area contributed by atoms with Crippen LogP contribution in [0.2, 0.25) is 0 Å². The summed E-state index contributed by atoms with van der Waals surface area (Å²) in [5.74, 6) is -1.05. The second-order valence-electron chi connectivity index (χ2n) is 8.21. The quantitative estimate of drug-likeness (QED) is 0.338. The molecule has 0 aliphatic carbocycles. The van der Waals surface area contributed by atoms with Crippen molar-refractivity contribution < 1.29 is 24.5 Å². The van der Waals surface area contributed by atoms with Crippen LogP contribution in [0.1, 0.15) is 33.9 Å². The van der Waals surface area contributed by atoms with E-state index in [4.69, 9.17) is 4.74 Å². The van der Waals surface area contributed by atoms with Crippen molar-refractivity contribution in [3.63, 3.8) is 0 Å². The summed E-state index contributed by atoms with van der Waals surface area (Å²) < 4.78 is 5.24. The van der Waals surface area contributed by atoms with Crippen LogP contribution in [0.15, 0.2) is 66.2 Å². The number of phenolic OH excluding ortho intramolecular Hbond substituents is 1. The highest BCUT2D eigenvalue weighted by Gasteiger charge is 2.47. The van der Waals surface area contributed by atoms with Crippen LogP contribution < -0.4 is 9.64 Å². The largest absolute Gasteiger partial charge is 0.508 e. The number of carbonyl (C=O) groups is 2. The summed E-state index contributed by atoms with van der Waals surface area (Å²) in [5.41, 5.74) is 4.33. The minimum atomic E-state index is -0.853. The Morgan fingerprint density at radius 1 is 0.879 bits per heavy atom. The number of amides is 1. The third-order valence-electron chi connectivity index (χ3n) is 6.11. The number of aromatic hydroxyl groups is 1. The van der Waals surface area contributed by atoms with Gasteiger partial charge < -0.3 is 14.9 Å². The fraction of sp³-hybridized carbons (Fsp3) is 0.185. The van der Waals surface area contributed by atoms with Gasteiger partial charge >= 0.3 is 0 Å². The molecule has 3 aromatic carbocycles. The van der Waals surface area contributed by atoms with Gasteiger partial charge in [0.05, 0.1) is 18.7 Å². The summed E-state index contributed by atoms with van der Waals surface area (Å²) in [7, 11) is 1.55. The van der Waals surface area contributed by atoms with E-state index >= 15 is 0 Å². The molecule has 0 aromatic heterocycles. The Balaban J connectivity index is 1.96. The molecule has 1 unspecified atom stereocenters. The van der Waals surface area contributed by atoms with Gasteiger partial charge in [-0.05, 0) is 85.5 Å². The lowest BCUT2D eigenvalue weighted by molar-refractivity contribution is -0.132. The first-order valence-corrected chi connectivity index (χ1v) is 10.5. The lowest BCUT2D eigenvalue weighted by atomic mass is 9.93. The van der Waals surface area contributed by atoms with E-state index in [1.54, 1.807) is 50.4 Å². The highest BCUT2D eigenvalue weighted by atomic mass is 16.5. The molecule has 0 spiro atoms. The maximum atomic E-state index is 13.3. The van der Waals surface area contributed by atoms with Crippen molar-refractivity contribution in [2.75, 3.05) is 12.0 Å². The summed E-state index contributed by atoms with van der Waals surface area (Å²) >= 11 is 0. The molecule has 1 fully saturated rings. The van der Waals surface area contributed by atoms with Crippen LogP contribution in [0.3, 0.4) is 0 Å². The molecule has 2 N–H and O–H groups in total. The van der Waals surface area contributed by atoms with Crippen molar-refractivity contribution in [2.24, 2.45) is 0 Å². The zero-order chi connectivity index (χ0) is 23.9. The van der Waals surface area contributed by atoms with Crippen LogP contribution in [0.5, 0.6) is 11.5 Å². The molecule has 0 bridgehead atoms. The predicted molar refractivity (Wildman–Crippen MR) is 127 cm³/mol. The molecule has 1 amide bonds. The highest BCUT2D eigenvalue weighted by molar-refractivity contribution is 6.51. The number of phenols is 1. The summed E-state index contributed by atoms with van der Waals surface area (Å²) in [6.45, 7) is 5.70. The number of Topliss-reactive ketones (excluding diaryl/α,β-unsaturated/α-hetero) is 1. The number of rotatable bonds is 4. The number of ketones is 1. The molecule has 0 radical (unpaired) electrons. The third kappa shape index (κ3) is 3.84. The van der Waals surface area contributed by atoms with Crippen molar-refractivity contribution >= 4 is 23.1 Å². The second-order valence-corrected chi connectivity index (χ2v) is 8.21. The summed E-state index contributed by atoms with van der Waals surface area (Å²) in [6, 6.07) is 16.1. The number of aliphatic hydroxyl groups is 1. The van der Waals surface area contributed by atoms with Gasteiger partial charge in [-0.15, -0.1) is 0 Å². The maximum absolute atomic E-state index is 13.3. The fourth-order valence-corrected chi connectivity index (χ4v) is 4.12. The molecule has 1 heterocycles. The topological polar surface area (TPSA) is 87.1 Å². The van der Waals surface area contributed by atoms with Crippen LogP contribution in [0.25, 0.3) is 5.76 Å². The smallest absolute Gasteiger partial charge is 0.300 e. The number of aliphatic hydroxyl groups excluding tert-OH is 1. The lowest BCUT2D eigenvalue weighted by Crippen LogP contribution is -2.29. The normalized spacial score (nSPS) is 17.5. The van der Waals surface area contributed by atoms with E-state index in [0.717, 1.165) is 11.1 Å². The summed E-state index contributed by atoms with van der Waals surface area (Å²) in [4.78, 5) is 27.9. The van der Waals surface area contributed by atoms with E-state index in [-0.39, 0.29) is 17.1 Å². The van der Waals surface area contributed by atoms with Gasteiger partial charge in [-0.25, -0.2) is 0 Å². The lowest BCUT2D eigenvalue weighted by Gasteiger charge is -2.26. The van der Waals surface area contributed by atoms with Crippen molar-refractivity contribution in [1.82, 2.24) is 0 Å². The van der Waals surface area contributed by atoms with E-state index in [2.05, 4.69) is 0 Å². The molecule has 33 heavy (non-hydrogen) atoms. The van der Waals surface area contributed by atoms with E-state index in [0.29, 0.717) is 28.1 Å². The van der Waals surface area contributed by atoms with E-state index in [1.165, 1.54) is 17.0 Å². The standard InChI is InChI=1S/C27H25NO5/c1-15-5-8-19(13-16(15)2)28-24(18-6-9-20(29)10-7-18)23(26(31)27(28)32)25(30)22-12-11-21(33-4)14-17(22)3/h5-14,24,29-30H,1-4H3/b25-23-. The van der Waals surface area contributed by atoms with Crippen LogP contribution in [0, 0.1) is 20.8 Å². The molecule has 3 aromatic rings. The first-order valence-electron chi connectivity index (χ1n) is 10.5. The molecule has 1 aliphatic rings. The van der Waals surface area contributed by atoms with Crippen LogP contribution >= 0.6 is 0 Å². The number of carbonyl (C=O) groups excluding carboxylic acids is 2. The molecule has 1 aliphatic heterocycles. The van der Waals surface area contributed by atoms with Crippen molar-refractivity contribution in [2.45, 2.75) is 26.8 Å². The van der Waals surface area contributed by atoms with E-state index in [9.17, 15) is 19.8 Å². The Morgan fingerprint density at radius 3 is 2.18 bits per heavy atom. The number of hydrogen-bond acceptors (Lipinski definition) is 5. The Kier molecular flexibility index (Phi) is 5.68. The molecular formula is C27H25NO5. The summed E-state index contributed by atoms with van der Waals surface area (Å²) in [6.07, 6.45) is 0. The van der Waals surface area contributed by atoms with Gasteiger partial charge in [0.25, 0.3) is 11.7 Å². The van der Waals surface area contributed by atoms with E-state index in [1.807, 2.05) is 26.0 Å².